The molecule has 0 radical (unpaired) electrons. The third kappa shape index (κ3) is 3.61. The highest BCUT2D eigenvalue weighted by atomic mass is 79.9. The molecule has 0 saturated heterocycles. The Morgan fingerprint density at radius 3 is 2.50 bits per heavy atom. The zero-order valence-electron chi connectivity index (χ0n) is 8.97. The highest BCUT2D eigenvalue weighted by molar-refractivity contribution is 9.10. The summed E-state index contributed by atoms with van der Waals surface area (Å²) in [5.74, 6) is 0. The van der Waals surface area contributed by atoms with Gasteiger partial charge in [-0.15, -0.1) is 4.36 Å². The molecule has 1 atom stereocenters. The van der Waals surface area contributed by atoms with Crippen molar-refractivity contribution in [3.63, 3.8) is 0 Å². The van der Waals surface area contributed by atoms with Crippen LogP contribution in [0.5, 0.6) is 0 Å². The lowest BCUT2D eigenvalue weighted by Crippen LogP contribution is -2.04. The second-order valence-corrected chi connectivity index (χ2v) is 6.22. The Morgan fingerprint density at radius 1 is 1.44 bits per heavy atom. The number of amides is 1. The Labute approximate surface area is 103 Å². The first kappa shape index (κ1) is 13.2. The summed E-state index contributed by atoms with van der Waals surface area (Å²) in [6.45, 7) is 1.89. The first-order chi connectivity index (χ1) is 7.45. The SMILES string of the molecule is CCOC(=O)N=S(C)(=O)c1ccc(Br)cc1. The van der Waals surface area contributed by atoms with Gasteiger partial charge in [0.15, 0.2) is 0 Å². The van der Waals surface area contributed by atoms with Crippen molar-refractivity contribution in [2.45, 2.75) is 11.8 Å². The predicted octanol–water partition coefficient (Wildman–Crippen LogP) is 3.06. The Balaban J connectivity index is 3.06. The standard InChI is InChI=1S/C10H12BrNO3S/c1-3-15-10(13)12-16(2,14)9-6-4-8(11)5-7-9/h4-7H,3H2,1-2H3. The van der Waals surface area contributed by atoms with Crippen LogP contribution in [0.1, 0.15) is 6.92 Å². The topological polar surface area (TPSA) is 55.7 Å². The number of carbonyl (C=O) groups is 1. The molecule has 6 heteroatoms. The molecule has 1 aromatic rings. The summed E-state index contributed by atoms with van der Waals surface area (Å²) in [7, 11) is -2.72. The van der Waals surface area contributed by atoms with Crippen molar-refractivity contribution in [3.8, 4) is 0 Å². The van der Waals surface area contributed by atoms with E-state index in [1.54, 1.807) is 31.2 Å². The average molecular weight is 306 g/mol. The smallest absolute Gasteiger partial charge is 0.442 e. The minimum Gasteiger partial charge on any atom is -0.448 e. The number of hydrogen-bond acceptors (Lipinski definition) is 3. The lowest BCUT2D eigenvalue weighted by Gasteiger charge is -2.03. The van der Waals surface area contributed by atoms with Crippen LogP contribution in [0.4, 0.5) is 4.79 Å². The molecular formula is C10H12BrNO3S. The highest BCUT2D eigenvalue weighted by Crippen LogP contribution is 2.16. The van der Waals surface area contributed by atoms with Gasteiger partial charge in [0, 0.05) is 15.6 Å². The summed E-state index contributed by atoms with van der Waals surface area (Å²) in [6.07, 6.45) is 0.616. The number of ether oxygens (including phenoxy) is 1. The summed E-state index contributed by atoms with van der Waals surface area (Å²) in [6, 6.07) is 6.82. The molecule has 1 rings (SSSR count). The molecule has 0 spiro atoms. The van der Waals surface area contributed by atoms with Crippen molar-refractivity contribution in [2.24, 2.45) is 4.36 Å². The van der Waals surface area contributed by atoms with Gasteiger partial charge in [-0.05, 0) is 31.2 Å². The van der Waals surface area contributed by atoms with E-state index >= 15 is 0 Å². The van der Waals surface area contributed by atoms with Crippen LogP contribution in [0.25, 0.3) is 0 Å². The molecule has 1 aromatic carbocycles. The zero-order chi connectivity index (χ0) is 12.2. The summed E-state index contributed by atoms with van der Waals surface area (Å²) in [5.41, 5.74) is 0. The van der Waals surface area contributed by atoms with Crippen LogP contribution in [0, 0.1) is 0 Å². The zero-order valence-corrected chi connectivity index (χ0v) is 11.4. The van der Waals surface area contributed by atoms with Crippen molar-refractivity contribution >= 4 is 31.8 Å². The Bertz CT molecular complexity index is 489. The Morgan fingerprint density at radius 2 is 2.00 bits per heavy atom. The summed E-state index contributed by atoms with van der Waals surface area (Å²) in [5, 5.41) is 0. The van der Waals surface area contributed by atoms with Gasteiger partial charge in [-0.25, -0.2) is 9.00 Å². The maximum atomic E-state index is 12.1. The van der Waals surface area contributed by atoms with Crippen molar-refractivity contribution in [1.82, 2.24) is 0 Å². The van der Waals surface area contributed by atoms with E-state index in [-0.39, 0.29) is 6.61 Å². The summed E-state index contributed by atoms with van der Waals surface area (Å²) in [4.78, 5) is 11.6. The summed E-state index contributed by atoms with van der Waals surface area (Å²) < 4.78 is 21.2. The van der Waals surface area contributed by atoms with E-state index in [1.807, 2.05) is 0 Å². The molecule has 0 saturated carbocycles. The third-order valence-electron chi connectivity index (χ3n) is 1.77. The van der Waals surface area contributed by atoms with E-state index in [9.17, 15) is 9.00 Å². The molecule has 4 nitrogen and oxygen atoms in total. The van der Waals surface area contributed by atoms with Crippen LogP contribution in [0.2, 0.25) is 0 Å². The van der Waals surface area contributed by atoms with Crippen LogP contribution < -0.4 is 0 Å². The molecule has 0 aliphatic rings. The minimum atomic E-state index is -2.72. The number of rotatable bonds is 2. The molecule has 1 amide bonds. The summed E-state index contributed by atoms with van der Waals surface area (Å²) >= 11 is 3.27. The van der Waals surface area contributed by atoms with Gasteiger partial charge in [0.05, 0.1) is 16.3 Å². The molecule has 88 valence electrons. The molecule has 0 aliphatic carbocycles. The van der Waals surface area contributed by atoms with E-state index < -0.39 is 15.8 Å². The monoisotopic (exact) mass is 305 g/mol. The predicted molar refractivity (Wildman–Crippen MR) is 65.9 cm³/mol. The fraction of sp³-hybridized carbons (Fsp3) is 0.300. The molecule has 0 heterocycles. The maximum absolute atomic E-state index is 12.1. The first-order valence-electron chi connectivity index (χ1n) is 4.60. The van der Waals surface area contributed by atoms with E-state index in [1.165, 1.54) is 6.26 Å². The van der Waals surface area contributed by atoms with Crippen LogP contribution in [-0.4, -0.2) is 23.2 Å². The molecular weight excluding hydrogens is 294 g/mol. The van der Waals surface area contributed by atoms with Crippen molar-refractivity contribution in [1.29, 1.82) is 0 Å². The fourth-order valence-corrected chi connectivity index (χ4v) is 2.38. The van der Waals surface area contributed by atoms with Gasteiger partial charge in [-0.3, -0.25) is 0 Å². The van der Waals surface area contributed by atoms with Gasteiger partial charge in [0.2, 0.25) is 0 Å². The first-order valence-corrected chi connectivity index (χ1v) is 7.32. The van der Waals surface area contributed by atoms with Gasteiger partial charge >= 0.3 is 6.09 Å². The molecule has 0 aromatic heterocycles. The van der Waals surface area contributed by atoms with Crippen LogP contribution in [0.15, 0.2) is 38.0 Å². The maximum Gasteiger partial charge on any atom is 0.442 e. The number of halogens is 1. The van der Waals surface area contributed by atoms with Crippen molar-refractivity contribution in [3.05, 3.63) is 28.7 Å². The molecule has 16 heavy (non-hydrogen) atoms. The fourth-order valence-electron chi connectivity index (χ4n) is 1.03. The minimum absolute atomic E-state index is 0.220. The van der Waals surface area contributed by atoms with Crippen LogP contribution in [-0.2, 0) is 14.5 Å². The van der Waals surface area contributed by atoms with Gasteiger partial charge < -0.3 is 4.74 Å². The van der Waals surface area contributed by atoms with Gasteiger partial charge in [0.25, 0.3) is 0 Å². The Hall–Kier alpha value is -0.880. The third-order valence-corrected chi connectivity index (χ3v) is 3.94. The highest BCUT2D eigenvalue weighted by Gasteiger charge is 2.09. The van der Waals surface area contributed by atoms with E-state index in [0.717, 1.165) is 4.47 Å². The molecule has 1 unspecified atom stereocenters. The molecule has 0 N–H and O–H groups in total. The van der Waals surface area contributed by atoms with Gasteiger partial charge in [0.1, 0.15) is 0 Å². The molecule has 0 fully saturated rings. The Kier molecular flexibility index (Phi) is 4.49. The lowest BCUT2D eigenvalue weighted by atomic mass is 10.4. The van der Waals surface area contributed by atoms with E-state index in [2.05, 4.69) is 25.0 Å². The van der Waals surface area contributed by atoms with Crippen LogP contribution in [0.3, 0.4) is 0 Å². The van der Waals surface area contributed by atoms with E-state index in [0.29, 0.717) is 4.90 Å². The van der Waals surface area contributed by atoms with Crippen LogP contribution >= 0.6 is 15.9 Å². The number of carbonyl (C=O) groups excluding carboxylic acids is 1. The normalized spacial score (nSPS) is 13.9. The molecule has 0 aliphatic heterocycles. The lowest BCUT2D eigenvalue weighted by molar-refractivity contribution is 0.164. The van der Waals surface area contributed by atoms with E-state index in [4.69, 9.17) is 0 Å². The van der Waals surface area contributed by atoms with Gasteiger partial charge in [-0.1, -0.05) is 15.9 Å². The second kappa shape index (κ2) is 5.45. The second-order valence-electron chi connectivity index (χ2n) is 3.05. The quantitative estimate of drug-likeness (QED) is 0.844. The number of hydrogen-bond donors (Lipinski definition) is 0. The van der Waals surface area contributed by atoms with Gasteiger partial charge in [-0.2, -0.15) is 0 Å². The average Bonchev–Trinajstić information content (AvgIpc) is 2.17. The number of benzene rings is 1. The number of nitrogens with zero attached hydrogens (tertiary/aromatic N) is 1. The largest absolute Gasteiger partial charge is 0.448 e. The van der Waals surface area contributed by atoms with Crippen molar-refractivity contribution in [2.75, 3.05) is 12.9 Å². The molecule has 0 bridgehead atoms. The van der Waals surface area contributed by atoms with Crippen molar-refractivity contribution < 1.29 is 13.7 Å².